The minimum Gasteiger partial charge on any atom is -0.319 e. The Labute approximate surface area is 188 Å². The fourth-order valence-electron chi connectivity index (χ4n) is 4.57. The second-order valence-corrected chi connectivity index (χ2v) is 9.33. The van der Waals surface area contributed by atoms with E-state index in [2.05, 4.69) is 49.2 Å². The van der Waals surface area contributed by atoms with E-state index < -0.39 is 0 Å². The predicted octanol–water partition coefficient (Wildman–Crippen LogP) is 3.89. The zero-order valence-corrected chi connectivity index (χ0v) is 19.1. The molecular weight excluding hydrogens is 404 g/mol. The van der Waals surface area contributed by atoms with Gasteiger partial charge in [-0.3, -0.25) is 9.58 Å². The maximum atomic E-state index is 13.2. The fraction of sp³-hybridized carbons (Fsp3) is 0.522. The van der Waals surface area contributed by atoms with Gasteiger partial charge in [0.15, 0.2) is 5.82 Å². The van der Waals surface area contributed by atoms with Gasteiger partial charge in [0.05, 0.1) is 6.20 Å². The molecule has 9 heteroatoms. The molecule has 1 aliphatic carbocycles. The van der Waals surface area contributed by atoms with E-state index in [9.17, 15) is 4.79 Å². The molecule has 4 heterocycles. The van der Waals surface area contributed by atoms with Gasteiger partial charge in [0.25, 0.3) is 0 Å². The number of anilines is 1. The van der Waals surface area contributed by atoms with Crippen molar-refractivity contribution in [3.05, 3.63) is 42.5 Å². The number of nitrogens with zero attached hydrogens (tertiary/aromatic N) is 8. The SMILES string of the molecule is CC(C)n1cc(C2CC(N3CCN(c4cccc(-c5nncn5C(C)C)n4)C3=O)C2)cn1. The Bertz CT molecular complexity index is 1110. The van der Waals surface area contributed by atoms with E-state index in [0.717, 1.165) is 25.1 Å². The highest BCUT2D eigenvalue weighted by molar-refractivity contribution is 5.93. The summed E-state index contributed by atoms with van der Waals surface area (Å²) in [5, 5.41) is 12.7. The lowest BCUT2D eigenvalue weighted by molar-refractivity contribution is 0.147. The summed E-state index contributed by atoms with van der Waals surface area (Å²) in [4.78, 5) is 21.8. The van der Waals surface area contributed by atoms with Crippen LogP contribution in [0.4, 0.5) is 10.6 Å². The highest BCUT2D eigenvalue weighted by Crippen LogP contribution is 2.41. The maximum Gasteiger partial charge on any atom is 0.326 e. The highest BCUT2D eigenvalue weighted by atomic mass is 16.2. The predicted molar refractivity (Wildman–Crippen MR) is 121 cm³/mol. The van der Waals surface area contributed by atoms with Crippen molar-refractivity contribution in [3.8, 4) is 11.5 Å². The molecule has 1 saturated heterocycles. The number of pyridine rings is 1. The van der Waals surface area contributed by atoms with Crippen molar-refractivity contribution >= 4 is 11.8 Å². The van der Waals surface area contributed by atoms with Crippen molar-refractivity contribution in [1.82, 2.24) is 34.4 Å². The van der Waals surface area contributed by atoms with Crippen molar-refractivity contribution in [2.24, 2.45) is 0 Å². The van der Waals surface area contributed by atoms with Crippen LogP contribution in [-0.4, -0.2) is 59.6 Å². The van der Waals surface area contributed by atoms with Crippen LogP contribution in [0.5, 0.6) is 0 Å². The summed E-state index contributed by atoms with van der Waals surface area (Å²) < 4.78 is 3.99. The van der Waals surface area contributed by atoms with Crippen molar-refractivity contribution in [3.63, 3.8) is 0 Å². The molecule has 2 amide bonds. The van der Waals surface area contributed by atoms with Crippen molar-refractivity contribution < 1.29 is 4.79 Å². The number of carbonyl (C=O) groups excluding carboxylic acids is 1. The van der Waals surface area contributed by atoms with Crippen LogP contribution in [0.2, 0.25) is 0 Å². The van der Waals surface area contributed by atoms with Gasteiger partial charge in [-0.2, -0.15) is 5.10 Å². The minimum absolute atomic E-state index is 0.0429. The lowest BCUT2D eigenvalue weighted by Gasteiger charge is -2.40. The van der Waals surface area contributed by atoms with Gasteiger partial charge in [-0.1, -0.05) is 6.07 Å². The molecule has 0 unspecified atom stereocenters. The van der Waals surface area contributed by atoms with Crippen LogP contribution < -0.4 is 4.90 Å². The van der Waals surface area contributed by atoms with Crippen molar-refractivity contribution in [2.75, 3.05) is 18.0 Å². The van der Waals surface area contributed by atoms with Gasteiger partial charge in [0.2, 0.25) is 0 Å². The Kier molecular flexibility index (Phi) is 5.19. The standard InChI is InChI=1S/C23H30N8O/c1-15(2)30-14-24-27-22(30)20-6-5-7-21(26-20)29-9-8-28(23(29)32)19-10-17(11-19)18-12-25-31(13-18)16(3)4/h5-7,12-17,19H,8-11H2,1-4H3. The number of rotatable bonds is 6. The van der Waals surface area contributed by atoms with E-state index in [0.29, 0.717) is 30.1 Å². The third-order valence-corrected chi connectivity index (χ3v) is 6.59. The molecule has 0 aromatic carbocycles. The first kappa shape index (κ1) is 20.7. The molecule has 32 heavy (non-hydrogen) atoms. The molecule has 0 radical (unpaired) electrons. The van der Waals surface area contributed by atoms with Gasteiger partial charge < -0.3 is 9.47 Å². The van der Waals surface area contributed by atoms with Crippen LogP contribution in [0.15, 0.2) is 36.9 Å². The monoisotopic (exact) mass is 434 g/mol. The first-order valence-electron chi connectivity index (χ1n) is 11.4. The molecule has 1 saturated carbocycles. The molecule has 0 N–H and O–H groups in total. The third-order valence-electron chi connectivity index (χ3n) is 6.59. The lowest BCUT2D eigenvalue weighted by atomic mass is 9.76. The molecule has 3 aromatic rings. The van der Waals surface area contributed by atoms with Gasteiger partial charge in [0, 0.05) is 37.4 Å². The Morgan fingerprint density at radius 2 is 1.88 bits per heavy atom. The summed E-state index contributed by atoms with van der Waals surface area (Å²) in [6, 6.07) is 6.66. The molecule has 0 bridgehead atoms. The minimum atomic E-state index is 0.0429. The molecule has 0 spiro atoms. The molecule has 5 rings (SSSR count). The van der Waals surface area contributed by atoms with Gasteiger partial charge >= 0.3 is 6.03 Å². The molecule has 0 atom stereocenters. The molecular formula is C23H30N8O. The Hall–Kier alpha value is -3.23. The third kappa shape index (κ3) is 3.55. The smallest absolute Gasteiger partial charge is 0.319 e. The van der Waals surface area contributed by atoms with E-state index >= 15 is 0 Å². The summed E-state index contributed by atoms with van der Waals surface area (Å²) in [6.07, 6.45) is 7.83. The summed E-state index contributed by atoms with van der Waals surface area (Å²) in [5.41, 5.74) is 2.01. The average molecular weight is 435 g/mol. The Morgan fingerprint density at radius 3 is 2.59 bits per heavy atom. The van der Waals surface area contributed by atoms with Gasteiger partial charge in [-0.25, -0.2) is 9.78 Å². The molecule has 168 valence electrons. The van der Waals surface area contributed by atoms with E-state index in [1.54, 1.807) is 11.2 Å². The topological polar surface area (TPSA) is 85.0 Å². The zero-order chi connectivity index (χ0) is 22.4. The highest BCUT2D eigenvalue weighted by Gasteiger charge is 2.42. The summed E-state index contributed by atoms with van der Waals surface area (Å²) in [5.74, 6) is 1.87. The number of hydrogen-bond donors (Lipinski definition) is 0. The Morgan fingerprint density at radius 1 is 1.06 bits per heavy atom. The van der Waals surface area contributed by atoms with Crippen LogP contribution in [-0.2, 0) is 0 Å². The first-order valence-corrected chi connectivity index (χ1v) is 11.4. The van der Waals surface area contributed by atoms with E-state index in [1.807, 2.05) is 38.5 Å². The van der Waals surface area contributed by atoms with Crippen molar-refractivity contribution in [2.45, 2.75) is 64.6 Å². The zero-order valence-electron chi connectivity index (χ0n) is 19.1. The van der Waals surface area contributed by atoms with Crippen LogP contribution in [0.1, 0.15) is 64.1 Å². The van der Waals surface area contributed by atoms with Crippen LogP contribution in [0, 0.1) is 0 Å². The fourth-order valence-corrected chi connectivity index (χ4v) is 4.57. The summed E-state index contributed by atoms with van der Waals surface area (Å²) in [7, 11) is 0. The van der Waals surface area contributed by atoms with Gasteiger partial charge in [-0.15, -0.1) is 10.2 Å². The lowest BCUT2D eigenvalue weighted by Crippen LogP contribution is -2.46. The summed E-state index contributed by atoms with van der Waals surface area (Å²) in [6.45, 7) is 9.81. The van der Waals surface area contributed by atoms with Gasteiger partial charge in [0.1, 0.15) is 17.8 Å². The van der Waals surface area contributed by atoms with E-state index in [4.69, 9.17) is 4.98 Å². The number of hydrogen-bond acceptors (Lipinski definition) is 5. The second kappa shape index (κ2) is 8.03. The number of urea groups is 1. The number of carbonyl (C=O) groups is 1. The van der Waals surface area contributed by atoms with E-state index in [-0.39, 0.29) is 18.1 Å². The molecule has 3 aromatic heterocycles. The molecule has 9 nitrogen and oxygen atoms in total. The normalized spacial score (nSPS) is 21.1. The largest absolute Gasteiger partial charge is 0.326 e. The number of amides is 2. The quantitative estimate of drug-likeness (QED) is 0.588. The maximum absolute atomic E-state index is 13.2. The van der Waals surface area contributed by atoms with Gasteiger partial charge in [-0.05, 0) is 64.2 Å². The summed E-state index contributed by atoms with van der Waals surface area (Å²) >= 11 is 0. The molecule has 2 aliphatic rings. The average Bonchev–Trinajstić information content (AvgIpc) is 3.47. The molecule has 2 fully saturated rings. The molecule has 1 aliphatic heterocycles. The number of aromatic nitrogens is 6. The first-order chi connectivity index (χ1) is 15.4. The van der Waals surface area contributed by atoms with Crippen molar-refractivity contribution in [1.29, 1.82) is 0 Å². The van der Waals surface area contributed by atoms with E-state index in [1.165, 1.54) is 5.56 Å². The van der Waals surface area contributed by atoms with Crippen LogP contribution >= 0.6 is 0 Å². The van der Waals surface area contributed by atoms with Crippen LogP contribution in [0.3, 0.4) is 0 Å². The Balaban J connectivity index is 1.27. The van der Waals surface area contributed by atoms with Crippen LogP contribution in [0.25, 0.3) is 11.5 Å². The second-order valence-electron chi connectivity index (χ2n) is 9.33.